The summed E-state index contributed by atoms with van der Waals surface area (Å²) in [4.78, 5) is 25.3. The van der Waals surface area contributed by atoms with E-state index < -0.39 is 6.03 Å². The number of nitrogens with zero attached hydrogens (tertiary/aromatic N) is 5. The molecule has 0 radical (unpaired) electrons. The van der Waals surface area contributed by atoms with E-state index in [1.807, 2.05) is 24.3 Å². The molecule has 0 saturated carbocycles. The average Bonchev–Trinajstić information content (AvgIpc) is 2.72. The first-order chi connectivity index (χ1) is 16.2. The molecule has 0 bridgehead atoms. The van der Waals surface area contributed by atoms with E-state index in [2.05, 4.69) is 73.7 Å². The van der Waals surface area contributed by atoms with Gasteiger partial charge in [0, 0.05) is 20.4 Å². The van der Waals surface area contributed by atoms with E-state index in [0.717, 1.165) is 20.6 Å². The standard InChI is InChI=1S/C20H16ClN9OS3/c21-17-26-18(22)28-20(27-17)24-9-1-2-12(13(5-9)25-19(23)31)29-30-14-7-11-8(4-16(14)34)3-10(32)6-15(11)33/h1-7,32-34H,(H3,23,25,31)(H3,22,24,26,27,28)/b30-29+. The molecule has 0 aliphatic heterocycles. The lowest BCUT2D eigenvalue weighted by Crippen LogP contribution is -2.19. The molecular weight excluding hydrogens is 514 g/mol. The molecule has 1 heterocycles. The number of halogens is 1. The first kappa shape index (κ1) is 23.9. The third-order valence-corrected chi connectivity index (χ3v) is 5.57. The number of fused-ring (bicyclic) bond motifs is 1. The lowest BCUT2D eigenvalue weighted by Gasteiger charge is -2.10. The van der Waals surface area contributed by atoms with Crippen LogP contribution in [-0.2, 0) is 0 Å². The largest absolute Gasteiger partial charge is 0.368 e. The fourth-order valence-electron chi connectivity index (χ4n) is 3.03. The van der Waals surface area contributed by atoms with E-state index in [0.29, 0.717) is 27.6 Å². The number of thiol groups is 3. The van der Waals surface area contributed by atoms with Crippen LogP contribution in [0.15, 0.2) is 67.4 Å². The molecule has 2 amide bonds. The van der Waals surface area contributed by atoms with Gasteiger partial charge in [-0.2, -0.15) is 15.0 Å². The number of hydrogen-bond donors (Lipinski definition) is 7. The Hall–Kier alpha value is -3.26. The van der Waals surface area contributed by atoms with Crippen LogP contribution in [0.5, 0.6) is 0 Å². The summed E-state index contributed by atoms with van der Waals surface area (Å²) in [6, 6.07) is 11.5. The molecule has 172 valence electrons. The molecule has 4 aromatic rings. The Bertz CT molecular complexity index is 1450. The van der Waals surface area contributed by atoms with Crippen molar-refractivity contribution in [1.29, 1.82) is 0 Å². The van der Waals surface area contributed by atoms with Crippen molar-refractivity contribution >= 4 is 101 Å². The zero-order chi connectivity index (χ0) is 24.4. The molecule has 10 nitrogen and oxygen atoms in total. The maximum absolute atomic E-state index is 11.5. The lowest BCUT2D eigenvalue weighted by atomic mass is 10.1. The van der Waals surface area contributed by atoms with Gasteiger partial charge in [0.05, 0.1) is 11.4 Å². The number of urea groups is 1. The van der Waals surface area contributed by atoms with Gasteiger partial charge in [-0.1, -0.05) is 0 Å². The van der Waals surface area contributed by atoms with Gasteiger partial charge in [-0.3, -0.25) is 0 Å². The third-order valence-electron chi connectivity index (χ3n) is 4.41. The minimum absolute atomic E-state index is 0.0451. The molecule has 0 fully saturated rings. The van der Waals surface area contributed by atoms with Gasteiger partial charge in [-0.15, -0.1) is 48.1 Å². The van der Waals surface area contributed by atoms with Gasteiger partial charge in [-0.05, 0) is 64.8 Å². The minimum atomic E-state index is -0.774. The molecule has 0 atom stereocenters. The molecule has 3 aromatic carbocycles. The molecule has 4 rings (SSSR count). The maximum atomic E-state index is 11.5. The lowest BCUT2D eigenvalue weighted by molar-refractivity contribution is 0.259. The number of hydrogen-bond acceptors (Lipinski definition) is 11. The average molecular weight is 530 g/mol. The van der Waals surface area contributed by atoms with E-state index in [1.54, 1.807) is 18.2 Å². The number of aromatic nitrogens is 3. The van der Waals surface area contributed by atoms with Crippen molar-refractivity contribution in [2.45, 2.75) is 14.7 Å². The Kier molecular flexibility index (Phi) is 6.97. The maximum Gasteiger partial charge on any atom is 0.316 e. The summed E-state index contributed by atoms with van der Waals surface area (Å²) in [7, 11) is 0. The Labute approximate surface area is 214 Å². The van der Waals surface area contributed by atoms with Gasteiger partial charge in [0.15, 0.2) is 0 Å². The van der Waals surface area contributed by atoms with Crippen molar-refractivity contribution in [2.24, 2.45) is 16.0 Å². The topological polar surface area (TPSA) is 157 Å². The van der Waals surface area contributed by atoms with Gasteiger partial charge in [0.25, 0.3) is 0 Å². The highest BCUT2D eigenvalue weighted by Crippen LogP contribution is 2.36. The first-order valence-electron chi connectivity index (χ1n) is 9.43. The molecule has 0 aliphatic rings. The molecule has 1 aromatic heterocycles. The highest BCUT2D eigenvalue weighted by Gasteiger charge is 2.10. The molecule has 6 N–H and O–H groups in total. The second-order valence-electron chi connectivity index (χ2n) is 6.86. The first-order valence-corrected chi connectivity index (χ1v) is 11.1. The molecule has 0 saturated heterocycles. The van der Waals surface area contributed by atoms with E-state index in [9.17, 15) is 4.79 Å². The number of amides is 2. The predicted molar refractivity (Wildman–Crippen MR) is 142 cm³/mol. The van der Waals surface area contributed by atoms with Crippen LogP contribution in [0.25, 0.3) is 10.8 Å². The van der Waals surface area contributed by atoms with E-state index in [1.165, 1.54) is 0 Å². The highest BCUT2D eigenvalue weighted by atomic mass is 35.5. The number of carbonyl (C=O) groups excluding carboxylic acids is 1. The second kappa shape index (κ2) is 9.93. The fourth-order valence-corrected chi connectivity index (χ4v) is 4.14. The van der Waals surface area contributed by atoms with Gasteiger partial charge in [0.1, 0.15) is 5.69 Å². The number of azo groups is 1. The van der Waals surface area contributed by atoms with Crippen LogP contribution in [0.3, 0.4) is 0 Å². The number of nitrogen functional groups attached to an aromatic ring is 1. The van der Waals surface area contributed by atoms with Crippen LogP contribution in [-0.4, -0.2) is 21.0 Å². The third kappa shape index (κ3) is 5.62. The van der Waals surface area contributed by atoms with Crippen molar-refractivity contribution in [3.8, 4) is 0 Å². The summed E-state index contributed by atoms with van der Waals surface area (Å²) in [5.74, 6) is 0.0796. The highest BCUT2D eigenvalue weighted by molar-refractivity contribution is 7.81. The zero-order valence-corrected chi connectivity index (χ0v) is 20.5. The van der Waals surface area contributed by atoms with Crippen LogP contribution >= 0.6 is 49.5 Å². The Morgan fingerprint density at radius 1 is 0.941 bits per heavy atom. The predicted octanol–water partition coefficient (Wildman–Crippen LogP) is 5.78. The van der Waals surface area contributed by atoms with Crippen molar-refractivity contribution in [3.63, 3.8) is 0 Å². The summed E-state index contributed by atoms with van der Waals surface area (Å²) >= 11 is 19.2. The van der Waals surface area contributed by atoms with E-state index in [4.69, 9.17) is 23.1 Å². The molecule has 0 unspecified atom stereocenters. The molecule has 0 spiro atoms. The van der Waals surface area contributed by atoms with Crippen molar-refractivity contribution in [2.75, 3.05) is 16.4 Å². The van der Waals surface area contributed by atoms with Crippen molar-refractivity contribution in [1.82, 2.24) is 15.0 Å². The van der Waals surface area contributed by atoms with Gasteiger partial charge < -0.3 is 22.1 Å². The van der Waals surface area contributed by atoms with Crippen LogP contribution in [0, 0.1) is 0 Å². The molecule has 34 heavy (non-hydrogen) atoms. The molecule has 14 heteroatoms. The summed E-state index contributed by atoms with van der Waals surface area (Å²) in [6.07, 6.45) is 0. The smallest absolute Gasteiger partial charge is 0.316 e. The van der Waals surface area contributed by atoms with Gasteiger partial charge in [0.2, 0.25) is 17.2 Å². The number of carbonyl (C=O) groups is 1. The SMILES string of the molecule is NC(=O)Nc1cc(Nc2nc(N)nc(Cl)n2)ccc1/N=N/c1cc2c(S)cc(S)cc2cc1S. The molecule has 0 aliphatic carbocycles. The summed E-state index contributed by atoms with van der Waals surface area (Å²) in [6.45, 7) is 0. The van der Waals surface area contributed by atoms with Gasteiger partial charge >= 0.3 is 6.03 Å². The number of benzene rings is 3. The number of anilines is 4. The quantitative estimate of drug-likeness (QED) is 0.128. The second-order valence-corrected chi connectivity index (χ2v) is 8.68. The zero-order valence-electron chi connectivity index (χ0n) is 17.1. The van der Waals surface area contributed by atoms with E-state index in [-0.39, 0.29) is 17.2 Å². The number of nitrogens with one attached hydrogen (secondary N) is 2. The van der Waals surface area contributed by atoms with Crippen LogP contribution in [0.4, 0.5) is 39.4 Å². The van der Waals surface area contributed by atoms with Gasteiger partial charge in [-0.25, -0.2) is 4.79 Å². The Balaban J connectivity index is 1.68. The van der Waals surface area contributed by atoms with Crippen LogP contribution in [0.2, 0.25) is 5.28 Å². The Morgan fingerprint density at radius 3 is 2.44 bits per heavy atom. The van der Waals surface area contributed by atoms with Crippen molar-refractivity contribution < 1.29 is 4.79 Å². The summed E-state index contributed by atoms with van der Waals surface area (Å²) in [5.41, 5.74) is 12.6. The summed E-state index contributed by atoms with van der Waals surface area (Å²) < 4.78 is 0. The van der Waals surface area contributed by atoms with Crippen LogP contribution in [0.1, 0.15) is 0 Å². The van der Waals surface area contributed by atoms with Crippen LogP contribution < -0.4 is 22.1 Å². The van der Waals surface area contributed by atoms with Crippen molar-refractivity contribution in [3.05, 3.63) is 47.7 Å². The minimum Gasteiger partial charge on any atom is -0.368 e. The Morgan fingerprint density at radius 2 is 1.71 bits per heavy atom. The normalized spacial score (nSPS) is 11.2. The fraction of sp³-hybridized carbons (Fsp3) is 0. The summed E-state index contributed by atoms with van der Waals surface area (Å²) in [5, 5.41) is 15.8. The number of rotatable bonds is 5. The molecular formula is C20H16ClN9OS3. The number of primary amides is 1. The monoisotopic (exact) mass is 529 g/mol. The van der Waals surface area contributed by atoms with E-state index >= 15 is 0 Å². The number of nitrogens with two attached hydrogens (primary N) is 2.